The first kappa shape index (κ1) is 31.3. The molecule has 0 radical (unpaired) electrons. The predicted octanol–water partition coefficient (Wildman–Crippen LogP) is 3.52. The molecule has 240 valence electrons. The van der Waals surface area contributed by atoms with Crippen molar-refractivity contribution in [2.75, 3.05) is 33.4 Å². The first-order valence-electron chi connectivity index (χ1n) is 15.3. The number of carbonyl (C=O) groups excluding carboxylic acids is 1. The number of rotatable bonds is 12. The number of amides is 1. The van der Waals surface area contributed by atoms with Gasteiger partial charge >= 0.3 is 0 Å². The molecule has 2 heterocycles. The summed E-state index contributed by atoms with van der Waals surface area (Å²) < 4.78 is 50.7. The summed E-state index contributed by atoms with van der Waals surface area (Å²) in [5.41, 5.74) is 0.637. The van der Waals surface area contributed by atoms with Gasteiger partial charge in [-0.3, -0.25) is 9.59 Å². The summed E-state index contributed by atoms with van der Waals surface area (Å²) in [6.45, 7) is -0.680. The fourth-order valence-electron chi connectivity index (χ4n) is 6.79. The third-order valence-electron chi connectivity index (χ3n) is 9.13. The molecule has 2 saturated carbocycles. The van der Waals surface area contributed by atoms with Crippen molar-refractivity contribution < 1.29 is 36.9 Å². The molecule has 0 spiro atoms. The molecule has 6 rings (SSSR count). The summed E-state index contributed by atoms with van der Waals surface area (Å²) in [6.07, 6.45) is 6.72. The molecule has 3 aromatic rings. The Morgan fingerprint density at radius 3 is 2.58 bits per heavy atom. The molecule has 0 saturated heterocycles. The Labute approximate surface area is 261 Å². The highest BCUT2D eigenvalue weighted by atomic mass is 32.2. The van der Waals surface area contributed by atoms with Gasteiger partial charge in [-0.05, 0) is 73.6 Å². The fourth-order valence-corrected chi connectivity index (χ4v) is 8.21. The number of methoxy groups -OCH3 is 1. The van der Waals surface area contributed by atoms with E-state index in [1.54, 1.807) is 42.5 Å². The van der Waals surface area contributed by atoms with Crippen LogP contribution in [0.1, 0.15) is 43.6 Å². The number of nitrogens with one attached hydrogen (secondary N) is 1. The van der Waals surface area contributed by atoms with E-state index in [1.165, 1.54) is 31.9 Å². The quantitative estimate of drug-likeness (QED) is 0.305. The SMILES string of the molecule is COc1ccc(S(=O)(=O)N(CCO)CCO[C@@H]2C[C@H](c3coc4ccccc4c3=O)C=C(C(=O)NC3CC4CCC3C4)O2)cc1. The zero-order valence-corrected chi connectivity index (χ0v) is 25.9. The van der Waals surface area contributed by atoms with Gasteiger partial charge in [-0.25, -0.2) is 8.42 Å². The second-order valence-electron chi connectivity index (χ2n) is 11.9. The van der Waals surface area contributed by atoms with E-state index in [0.29, 0.717) is 34.1 Å². The fraction of sp³-hybridized carbons (Fsp3) is 0.455. The number of benzene rings is 2. The lowest BCUT2D eigenvalue weighted by atomic mass is 9.92. The Hall–Kier alpha value is -3.71. The number of allylic oxidation sites excluding steroid dienone is 1. The first-order valence-corrected chi connectivity index (χ1v) is 16.8. The molecular weight excluding hydrogens is 600 g/mol. The van der Waals surface area contributed by atoms with Crippen LogP contribution in [-0.2, 0) is 24.3 Å². The van der Waals surface area contributed by atoms with Gasteiger partial charge in [-0.1, -0.05) is 18.6 Å². The zero-order valence-electron chi connectivity index (χ0n) is 25.1. The van der Waals surface area contributed by atoms with Crippen molar-refractivity contribution in [2.45, 2.75) is 55.2 Å². The summed E-state index contributed by atoms with van der Waals surface area (Å²) in [5, 5.41) is 13.2. The average molecular weight is 639 g/mol. The van der Waals surface area contributed by atoms with Crippen molar-refractivity contribution in [3.63, 3.8) is 0 Å². The minimum absolute atomic E-state index is 0.0521. The number of carbonyl (C=O) groups is 1. The van der Waals surface area contributed by atoms with Crippen LogP contribution in [-0.4, -0.2) is 69.5 Å². The highest BCUT2D eigenvalue weighted by Crippen LogP contribution is 2.44. The summed E-state index contributed by atoms with van der Waals surface area (Å²) >= 11 is 0. The van der Waals surface area contributed by atoms with E-state index in [1.807, 2.05) is 0 Å². The van der Waals surface area contributed by atoms with Crippen molar-refractivity contribution in [1.29, 1.82) is 0 Å². The lowest BCUT2D eigenvalue weighted by molar-refractivity contribution is -0.147. The molecule has 3 unspecified atom stereocenters. The molecule has 1 aromatic heterocycles. The summed E-state index contributed by atoms with van der Waals surface area (Å²) in [7, 11) is -2.45. The number of fused-ring (bicyclic) bond motifs is 3. The molecule has 2 fully saturated rings. The Balaban J connectivity index is 1.19. The topological polar surface area (TPSA) is 145 Å². The summed E-state index contributed by atoms with van der Waals surface area (Å²) in [5.74, 6) is 0.780. The molecule has 3 aliphatic rings. The average Bonchev–Trinajstić information content (AvgIpc) is 3.68. The monoisotopic (exact) mass is 638 g/mol. The minimum atomic E-state index is -3.95. The molecule has 1 amide bonds. The van der Waals surface area contributed by atoms with Gasteiger partial charge in [0.15, 0.2) is 11.2 Å². The van der Waals surface area contributed by atoms with E-state index in [-0.39, 0.29) is 60.8 Å². The van der Waals surface area contributed by atoms with E-state index < -0.39 is 22.2 Å². The van der Waals surface area contributed by atoms with Gasteiger partial charge in [0.05, 0.1) is 36.9 Å². The van der Waals surface area contributed by atoms with Gasteiger partial charge in [0.2, 0.25) is 16.3 Å². The normalized spacial score (nSPS) is 24.4. The van der Waals surface area contributed by atoms with Gasteiger partial charge in [-0.2, -0.15) is 4.31 Å². The second-order valence-corrected chi connectivity index (χ2v) is 13.8. The molecule has 2 bridgehead atoms. The van der Waals surface area contributed by atoms with Crippen LogP contribution >= 0.6 is 0 Å². The van der Waals surface area contributed by atoms with Crippen molar-refractivity contribution in [3.05, 3.63) is 82.4 Å². The van der Waals surface area contributed by atoms with E-state index in [2.05, 4.69) is 5.32 Å². The molecule has 2 N–H and O–H groups in total. The number of ether oxygens (including phenoxy) is 3. The van der Waals surface area contributed by atoms with E-state index in [9.17, 15) is 23.1 Å². The van der Waals surface area contributed by atoms with E-state index in [0.717, 1.165) is 23.6 Å². The number of hydrogen-bond acceptors (Lipinski definition) is 9. The highest BCUT2D eigenvalue weighted by molar-refractivity contribution is 7.89. The molecule has 45 heavy (non-hydrogen) atoms. The second kappa shape index (κ2) is 13.3. The number of aliphatic hydroxyl groups excluding tert-OH is 1. The van der Waals surface area contributed by atoms with Gasteiger partial charge in [0.25, 0.3) is 5.91 Å². The maximum Gasteiger partial charge on any atom is 0.286 e. The predicted molar refractivity (Wildman–Crippen MR) is 165 cm³/mol. The molecule has 2 aromatic carbocycles. The standard InChI is InChI=1S/C33H38N2O9S/c1-41-24-8-10-25(11-9-24)45(39,40)35(12-14-36)13-15-42-31-19-23(27-20-43-29-5-3-2-4-26(29)32(27)37)18-30(44-31)33(38)34-28-17-21-6-7-22(28)16-21/h2-5,8-11,18,20-23,28,31,36H,6-7,12-17,19H2,1H3,(H,34,38)/t21?,22?,23-,28?,31+/m1/s1. The molecule has 12 heteroatoms. The van der Waals surface area contributed by atoms with Crippen molar-refractivity contribution in [3.8, 4) is 5.75 Å². The molecule has 1 aliphatic heterocycles. The Morgan fingerprint density at radius 2 is 1.87 bits per heavy atom. The largest absolute Gasteiger partial charge is 0.497 e. The Morgan fingerprint density at radius 1 is 1.07 bits per heavy atom. The summed E-state index contributed by atoms with van der Waals surface area (Å²) in [4.78, 5) is 27.0. The van der Waals surface area contributed by atoms with Crippen LogP contribution in [0.25, 0.3) is 11.0 Å². The maximum atomic E-state index is 13.5. The minimum Gasteiger partial charge on any atom is -0.497 e. The van der Waals surface area contributed by atoms with Crippen LogP contribution in [0, 0.1) is 11.8 Å². The lowest BCUT2D eigenvalue weighted by Gasteiger charge is -2.31. The van der Waals surface area contributed by atoms with Gasteiger partial charge in [0, 0.05) is 37.0 Å². The lowest BCUT2D eigenvalue weighted by Crippen LogP contribution is -2.42. The number of para-hydroxylation sites is 1. The van der Waals surface area contributed by atoms with Crippen LogP contribution in [0.15, 0.2) is 80.7 Å². The Bertz CT molecular complexity index is 1720. The smallest absolute Gasteiger partial charge is 0.286 e. The van der Waals surface area contributed by atoms with Crippen LogP contribution in [0.2, 0.25) is 0 Å². The van der Waals surface area contributed by atoms with E-state index in [4.69, 9.17) is 18.6 Å². The first-order chi connectivity index (χ1) is 21.8. The van der Waals surface area contributed by atoms with E-state index >= 15 is 0 Å². The van der Waals surface area contributed by atoms with Crippen LogP contribution < -0.4 is 15.5 Å². The number of aliphatic hydroxyl groups is 1. The van der Waals surface area contributed by atoms with Crippen molar-refractivity contribution in [1.82, 2.24) is 9.62 Å². The molecule has 2 aliphatic carbocycles. The number of nitrogens with zero attached hydrogens (tertiary/aromatic N) is 1. The van der Waals surface area contributed by atoms with Crippen LogP contribution in [0.5, 0.6) is 5.75 Å². The van der Waals surface area contributed by atoms with Crippen molar-refractivity contribution in [2.24, 2.45) is 11.8 Å². The molecular formula is C33H38N2O9S. The van der Waals surface area contributed by atoms with Gasteiger partial charge in [-0.15, -0.1) is 0 Å². The maximum absolute atomic E-state index is 13.5. The Kier molecular flexibility index (Phi) is 9.27. The number of hydrogen-bond donors (Lipinski definition) is 2. The van der Waals surface area contributed by atoms with Gasteiger partial charge < -0.3 is 29.1 Å². The third kappa shape index (κ3) is 6.64. The highest BCUT2D eigenvalue weighted by Gasteiger charge is 2.41. The van der Waals surface area contributed by atoms with Crippen LogP contribution in [0.4, 0.5) is 0 Å². The summed E-state index contributed by atoms with van der Waals surface area (Å²) in [6, 6.07) is 13.0. The third-order valence-corrected chi connectivity index (χ3v) is 11.0. The molecule has 11 nitrogen and oxygen atoms in total. The zero-order chi connectivity index (χ0) is 31.6. The number of sulfonamides is 1. The molecule has 5 atom stereocenters. The van der Waals surface area contributed by atoms with Crippen LogP contribution in [0.3, 0.4) is 0 Å². The van der Waals surface area contributed by atoms with Crippen molar-refractivity contribution >= 4 is 26.9 Å². The van der Waals surface area contributed by atoms with Gasteiger partial charge in [0.1, 0.15) is 11.3 Å².